The number of aliphatic hydroxyl groups excluding tert-OH is 3. The van der Waals surface area contributed by atoms with Gasteiger partial charge in [0.05, 0.1) is 46.2 Å². The Labute approximate surface area is 339 Å². The molecule has 0 aromatic heterocycles. The zero-order chi connectivity index (χ0) is 39.9. The van der Waals surface area contributed by atoms with E-state index in [4.69, 9.17) is 37.9 Å². The summed E-state index contributed by atoms with van der Waals surface area (Å²) >= 11 is 0. The van der Waals surface area contributed by atoms with Gasteiger partial charge in [0.15, 0.2) is 12.6 Å². The van der Waals surface area contributed by atoms with Gasteiger partial charge in [-0.05, 0) is 27.8 Å². The predicted octanol–water partition coefficient (Wildman–Crippen LogP) is 5.73. The van der Waals surface area contributed by atoms with E-state index in [1.807, 2.05) is 152 Å². The van der Waals surface area contributed by atoms with Gasteiger partial charge in [-0.1, -0.05) is 152 Å². The molecule has 2 saturated heterocycles. The molecule has 58 heavy (non-hydrogen) atoms. The van der Waals surface area contributed by atoms with Gasteiger partial charge >= 0.3 is 0 Å². The molecule has 0 radical (unpaired) electrons. The standard InChI is InChI=1S/C47H52O11/c48-40-38(31-51-26-33-16-6-1-7-17-33)57-47(43(41(40)49)53-28-35-20-10-3-11-21-35)58-42-39(32-52-27-34-18-8-2-9-19-34)56-46(50)45(55-30-37-24-14-5-15-25-37)44(42)54-29-36-22-12-4-13-23-36/h1-25,38-50H,26-32H2/t38-,39-,40+,41+,42-,43-,44+,45-,46?,47+/m1/s1. The molecule has 0 saturated carbocycles. The molecular weight excluding hydrogens is 741 g/mol. The highest BCUT2D eigenvalue weighted by molar-refractivity contribution is 5.17. The van der Waals surface area contributed by atoms with Crippen LogP contribution in [0.25, 0.3) is 0 Å². The van der Waals surface area contributed by atoms with Crippen LogP contribution in [0.2, 0.25) is 0 Å². The van der Waals surface area contributed by atoms with Crippen molar-refractivity contribution in [3.8, 4) is 0 Å². The van der Waals surface area contributed by atoms with Gasteiger partial charge in [-0.2, -0.15) is 0 Å². The Morgan fingerprint density at radius 3 is 1.21 bits per heavy atom. The zero-order valence-electron chi connectivity index (χ0n) is 32.3. The fraction of sp³-hybridized carbons (Fsp3) is 0.362. The van der Waals surface area contributed by atoms with Gasteiger partial charge in [-0.3, -0.25) is 0 Å². The van der Waals surface area contributed by atoms with Crippen LogP contribution in [-0.4, -0.2) is 89.9 Å². The van der Waals surface area contributed by atoms with Gasteiger partial charge in [0, 0.05) is 0 Å². The number of benzene rings is 5. The van der Waals surface area contributed by atoms with Gasteiger partial charge in [0.1, 0.15) is 48.8 Å². The van der Waals surface area contributed by atoms with Crippen LogP contribution in [0.3, 0.4) is 0 Å². The van der Waals surface area contributed by atoms with E-state index in [9.17, 15) is 15.3 Å². The van der Waals surface area contributed by atoms with E-state index in [0.717, 1.165) is 27.8 Å². The Kier molecular flexibility index (Phi) is 15.6. The summed E-state index contributed by atoms with van der Waals surface area (Å²) in [4.78, 5) is 0. The summed E-state index contributed by atoms with van der Waals surface area (Å²) in [6, 6.07) is 48.1. The lowest BCUT2D eigenvalue weighted by Crippen LogP contribution is -2.65. The third-order valence-electron chi connectivity index (χ3n) is 10.2. The topological polar surface area (TPSA) is 135 Å². The zero-order valence-corrected chi connectivity index (χ0v) is 32.3. The highest BCUT2D eigenvalue weighted by Crippen LogP contribution is 2.34. The number of ether oxygens (including phenoxy) is 8. The Balaban J connectivity index is 1.18. The summed E-state index contributed by atoms with van der Waals surface area (Å²) in [6.07, 6.45) is -11.5. The molecule has 5 aromatic rings. The highest BCUT2D eigenvalue weighted by atomic mass is 16.7. The lowest BCUT2D eigenvalue weighted by molar-refractivity contribution is -0.369. The van der Waals surface area contributed by atoms with Crippen molar-refractivity contribution in [3.05, 3.63) is 179 Å². The number of aliphatic hydroxyl groups is 3. The van der Waals surface area contributed by atoms with Crippen molar-refractivity contribution in [1.29, 1.82) is 0 Å². The molecule has 5 aromatic carbocycles. The van der Waals surface area contributed by atoms with E-state index < -0.39 is 61.4 Å². The molecule has 11 heteroatoms. The lowest BCUT2D eigenvalue weighted by atomic mass is 9.96. The quantitative estimate of drug-likeness (QED) is 0.0948. The van der Waals surface area contributed by atoms with E-state index in [0.29, 0.717) is 0 Å². The second-order valence-electron chi connectivity index (χ2n) is 14.5. The first-order chi connectivity index (χ1) is 28.5. The Morgan fingerprint density at radius 1 is 0.379 bits per heavy atom. The minimum atomic E-state index is -1.43. The van der Waals surface area contributed by atoms with Crippen LogP contribution < -0.4 is 0 Å². The fourth-order valence-electron chi connectivity index (χ4n) is 7.08. The van der Waals surface area contributed by atoms with Crippen molar-refractivity contribution >= 4 is 0 Å². The van der Waals surface area contributed by atoms with Gasteiger partial charge < -0.3 is 53.2 Å². The van der Waals surface area contributed by atoms with E-state index in [-0.39, 0.29) is 46.2 Å². The van der Waals surface area contributed by atoms with Gasteiger partial charge in [-0.15, -0.1) is 0 Å². The molecule has 0 amide bonds. The summed E-state index contributed by atoms with van der Waals surface area (Å²) in [7, 11) is 0. The van der Waals surface area contributed by atoms with Gasteiger partial charge in [0.2, 0.25) is 0 Å². The molecule has 0 aliphatic carbocycles. The SMILES string of the molecule is OC1O[C@H](COCc2ccccc2)[C@@H](O[C@@H]2O[C@H](COCc3ccccc3)[C@H](O)[C@H](O)[C@H]2OCc2ccccc2)[C@H](OCc2ccccc2)[C@H]1OCc1ccccc1. The first-order valence-corrected chi connectivity index (χ1v) is 19.7. The maximum absolute atomic E-state index is 11.7. The molecule has 3 N–H and O–H groups in total. The highest BCUT2D eigenvalue weighted by Gasteiger charge is 2.53. The monoisotopic (exact) mass is 792 g/mol. The molecule has 10 atom stereocenters. The Hall–Kier alpha value is -4.34. The Bertz CT molecular complexity index is 1870. The lowest BCUT2D eigenvalue weighted by Gasteiger charge is -2.48. The maximum atomic E-state index is 11.7. The van der Waals surface area contributed by atoms with Crippen LogP contribution in [0, 0.1) is 0 Å². The van der Waals surface area contributed by atoms with Crippen LogP contribution >= 0.6 is 0 Å². The summed E-state index contributed by atoms with van der Waals surface area (Å²) in [5.74, 6) is 0. The minimum Gasteiger partial charge on any atom is -0.387 e. The van der Waals surface area contributed by atoms with E-state index in [1.165, 1.54) is 0 Å². The molecule has 2 aliphatic rings. The molecule has 0 bridgehead atoms. The number of hydrogen-bond acceptors (Lipinski definition) is 11. The van der Waals surface area contributed by atoms with Crippen LogP contribution in [-0.2, 0) is 70.9 Å². The number of rotatable bonds is 19. The van der Waals surface area contributed by atoms with Crippen LogP contribution in [0.4, 0.5) is 0 Å². The molecule has 2 fully saturated rings. The van der Waals surface area contributed by atoms with Crippen LogP contribution in [0.15, 0.2) is 152 Å². The third kappa shape index (κ3) is 11.7. The van der Waals surface area contributed by atoms with Crippen molar-refractivity contribution < 1.29 is 53.2 Å². The van der Waals surface area contributed by atoms with E-state index >= 15 is 0 Å². The molecule has 0 spiro atoms. The van der Waals surface area contributed by atoms with Crippen LogP contribution in [0.5, 0.6) is 0 Å². The summed E-state index contributed by atoms with van der Waals surface area (Å²) in [6.45, 7) is 0.942. The smallest absolute Gasteiger partial charge is 0.187 e. The molecule has 11 nitrogen and oxygen atoms in total. The second kappa shape index (κ2) is 21.6. The fourth-order valence-corrected chi connectivity index (χ4v) is 7.08. The van der Waals surface area contributed by atoms with Gasteiger partial charge in [-0.25, -0.2) is 0 Å². The van der Waals surface area contributed by atoms with Crippen LogP contribution in [0.1, 0.15) is 27.8 Å². The first-order valence-electron chi connectivity index (χ1n) is 19.7. The predicted molar refractivity (Wildman–Crippen MR) is 214 cm³/mol. The first kappa shape index (κ1) is 41.8. The molecule has 2 aliphatic heterocycles. The summed E-state index contributed by atoms with van der Waals surface area (Å²) in [5, 5.41) is 34.7. The normalized spacial score (nSPS) is 27.3. The summed E-state index contributed by atoms with van der Waals surface area (Å²) < 4.78 is 51.3. The molecule has 1 unspecified atom stereocenters. The second-order valence-corrected chi connectivity index (χ2v) is 14.5. The van der Waals surface area contributed by atoms with Crippen molar-refractivity contribution in [2.75, 3.05) is 13.2 Å². The average Bonchev–Trinajstić information content (AvgIpc) is 3.26. The van der Waals surface area contributed by atoms with E-state index in [2.05, 4.69) is 0 Å². The molecule has 7 rings (SSSR count). The van der Waals surface area contributed by atoms with Crippen molar-refractivity contribution in [1.82, 2.24) is 0 Å². The summed E-state index contributed by atoms with van der Waals surface area (Å²) in [5.41, 5.74) is 4.54. The third-order valence-corrected chi connectivity index (χ3v) is 10.2. The van der Waals surface area contributed by atoms with Crippen molar-refractivity contribution in [3.63, 3.8) is 0 Å². The molecule has 306 valence electrons. The largest absolute Gasteiger partial charge is 0.387 e. The minimum absolute atomic E-state index is 0.00424. The Morgan fingerprint density at radius 2 is 0.759 bits per heavy atom. The van der Waals surface area contributed by atoms with E-state index in [1.54, 1.807) is 0 Å². The average molecular weight is 793 g/mol. The van der Waals surface area contributed by atoms with Crippen molar-refractivity contribution in [2.45, 2.75) is 94.4 Å². The molecule has 2 heterocycles. The number of hydrogen-bond donors (Lipinski definition) is 3. The van der Waals surface area contributed by atoms with Crippen molar-refractivity contribution in [2.24, 2.45) is 0 Å². The molecular formula is C47H52O11. The van der Waals surface area contributed by atoms with Gasteiger partial charge in [0.25, 0.3) is 0 Å². The maximum Gasteiger partial charge on any atom is 0.187 e.